The summed E-state index contributed by atoms with van der Waals surface area (Å²) in [5.74, 6) is -0.525. The van der Waals surface area contributed by atoms with Crippen molar-refractivity contribution in [1.29, 1.82) is 0 Å². The van der Waals surface area contributed by atoms with Crippen LogP contribution in [0.25, 0.3) is 0 Å². The minimum Gasteiger partial charge on any atom is -0.454 e. The number of rotatable bonds is 4. The van der Waals surface area contributed by atoms with Gasteiger partial charge >= 0.3 is 5.97 Å². The number of nitrogen functional groups attached to an aromatic ring is 1. The van der Waals surface area contributed by atoms with E-state index in [-0.39, 0.29) is 12.3 Å². The Morgan fingerprint density at radius 3 is 2.85 bits per heavy atom. The fraction of sp³-hybridized carbons (Fsp3) is 0.308. The molecule has 0 unspecified atom stereocenters. The highest BCUT2D eigenvalue weighted by molar-refractivity contribution is 6.31. The SMILES string of the molecule is CCn1nc(C)c(Cl)c1COC(=O)c1ccc(N)cn1. The van der Waals surface area contributed by atoms with Gasteiger partial charge in [-0.25, -0.2) is 9.78 Å². The van der Waals surface area contributed by atoms with Crippen molar-refractivity contribution >= 4 is 23.3 Å². The average molecular weight is 295 g/mol. The van der Waals surface area contributed by atoms with Gasteiger partial charge in [-0.3, -0.25) is 4.68 Å². The van der Waals surface area contributed by atoms with Gasteiger partial charge in [0.1, 0.15) is 12.3 Å². The van der Waals surface area contributed by atoms with E-state index in [1.54, 1.807) is 17.7 Å². The third-order valence-electron chi connectivity index (χ3n) is 2.79. The molecule has 0 aliphatic rings. The molecule has 0 aliphatic carbocycles. The first-order chi connectivity index (χ1) is 9.52. The van der Waals surface area contributed by atoms with Crippen molar-refractivity contribution in [2.45, 2.75) is 27.0 Å². The number of aromatic nitrogens is 3. The lowest BCUT2D eigenvalue weighted by molar-refractivity contribution is 0.0455. The van der Waals surface area contributed by atoms with Crippen molar-refractivity contribution in [3.05, 3.63) is 40.4 Å². The third kappa shape index (κ3) is 2.91. The molecule has 0 fully saturated rings. The maximum atomic E-state index is 11.8. The first kappa shape index (κ1) is 14.3. The highest BCUT2D eigenvalue weighted by atomic mass is 35.5. The van der Waals surface area contributed by atoms with Crippen molar-refractivity contribution in [3.63, 3.8) is 0 Å². The minimum absolute atomic E-state index is 0.0540. The molecule has 20 heavy (non-hydrogen) atoms. The van der Waals surface area contributed by atoms with E-state index in [1.165, 1.54) is 12.3 Å². The quantitative estimate of drug-likeness (QED) is 0.874. The van der Waals surface area contributed by atoms with Gasteiger partial charge in [0.15, 0.2) is 0 Å². The van der Waals surface area contributed by atoms with E-state index in [0.717, 1.165) is 0 Å². The average Bonchev–Trinajstić information content (AvgIpc) is 2.72. The predicted molar refractivity (Wildman–Crippen MR) is 75.4 cm³/mol. The number of aryl methyl sites for hydroxylation is 2. The van der Waals surface area contributed by atoms with Gasteiger partial charge in [-0.15, -0.1) is 0 Å². The lowest BCUT2D eigenvalue weighted by Crippen LogP contribution is -2.11. The Hall–Kier alpha value is -2.08. The van der Waals surface area contributed by atoms with Crippen LogP contribution in [0.4, 0.5) is 5.69 Å². The maximum absolute atomic E-state index is 11.8. The topological polar surface area (TPSA) is 83.0 Å². The molecule has 106 valence electrons. The lowest BCUT2D eigenvalue weighted by Gasteiger charge is -2.07. The summed E-state index contributed by atoms with van der Waals surface area (Å²) in [6.45, 7) is 4.45. The van der Waals surface area contributed by atoms with Crippen LogP contribution in [0, 0.1) is 6.92 Å². The Morgan fingerprint density at radius 2 is 2.25 bits per heavy atom. The molecule has 2 aromatic heterocycles. The first-order valence-corrected chi connectivity index (χ1v) is 6.51. The Morgan fingerprint density at radius 1 is 1.50 bits per heavy atom. The van der Waals surface area contributed by atoms with Crippen LogP contribution in [-0.2, 0) is 17.9 Å². The number of hydrogen-bond donors (Lipinski definition) is 1. The van der Waals surface area contributed by atoms with Gasteiger partial charge in [0.25, 0.3) is 0 Å². The zero-order valence-electron chi connectivity index (χ0n) is 11.3. The van der Waals surface area contributed by atoms with Crippen LogP contribution in [0.5, 0.6) is 0 Å². The summed E-state index contributed by atoms with van der Waals surface area (Å²) >= 11 is 6.14. The number of esters is 1. The van der Waals surface area contributed by atoms with E-state index >= 15 is 0 Å². The fourth-order valence-electron chi connectivity index (χ4n) is 1.74. The highest BCUT2D eigenvalue weighted by Gasteiger charge is 2.15. The van der Waals surface area contributed by atoms with Crippen molar-refractivity contribution < 1.29 is 9.53 Å². The minimum atomic E-state index is -0.525. The monoisotopic (exact) mass is 294 g/mol. The molecule has 2 aromatic rings. The van der Waals surface area contributed by atoms with Gasteiger partial charge in [-0.1, -0.05) is 11.6 Å². The zero-order valence-corrected chi connectivity index (χ0v) is 12.0. The Bertz CT molecular complexity index is 622. The molecule has 0 saturated heterocycles. The number of anilines is 1. The second kappa shape index (κ2) is 5.92. The van der Waals surface area contributed by atoms with E-state index in [9.17, 15) is 4.79 Å². The molecule has 0 amide bonds. The maximum Gasteiger partial charge on any atom is 0.357 e. The van der Waals surface area contributed by atoms with Crippen LogP contribution in [0.3, 0.4) is 0 Å². The van der Waals surface area contributed by atoms with Gasteiger partial charge in [0.2, 0.25) is 0 Å². The molecule has 0 radical (unpaired) electrons. The number of carbonyl (C=O) groups excluding carboxylic acids is 1. The summed E-state index contributed by atoms with van der Waals surface area (Å²) < 4.78 is 6.91. The number of ether oxygens (including phenoxy) is 1. The van der Waals surface area contributed by atoms with E-state index in [2.05, 4.69) is 10.1 Å². The summed E-state index contributed by atoms with van der Waals surface area (Å²) in [6, 6.07) is 3.11. The van der Waals surface area contributed by atoms with Crippen LogP contribution >= 0.6 is 11.6 Å². The standard InChI is InChI=1S/C13H15ClN4O2/c1-3-18-11(12(14)8(2)17-18)7-20-13(19)10-5-4-9(15)6-16-10/h4-6H,3,7,15H2,1-2H3. The number of nitrogens with zero attached hydrogens (tertiary/aromatic N) is 3. The number of hydrogen-bond acceptors (Lipinski definition) is 5. The summed E-state index contributed by atoms with van der Waals surface area (Å²) in [5, 5.41) is 4.77. The third-order valence-corrected chi connectivity index (χ3v) is 3.28. The normalized spacial score (nSPS) is 10.6. The van der Waals surface area contributed by atoms with E-state index < -0.39 is 5.97 Å². The van der Waals surface area contributed by atoms with Gasteiger partial charge in [-0.05, 0) is 26.0 Å². The van der Waals surface area contributed by atoms with Crippen molar-refractivity contribution in [1.82, 2.24) is 14.8 Å². The number of carbonyl (C=O) groups is 1. The smallest absolute Gasteiger partial charge is 0.357 e. The second-order valence-electron chi connectivity index (χ2n) is 4.21. The van der Waals surface area contributed by atoms with Gasteiger partial charge in [0, 0.05) is 6.54 Å². The fourth-order valence-corrected chi connectivity index (χ4v) is 1.93. The molecule has 2 N–H and O–H groups in total. The molecule has 0 atom stereocenters. The van der Waals surface area contributed by atoms with Crippen molar-refractivity contribution in [2.75, 3.05) is 5.73 Å². The first-order valence-electron chi connectivity index (χ1n) is 6.13. The van der Waals surface area contributed by atoms with Crippen LogP contribution in [0.2, 0.25) is 5.02 Å². The molecule has 7 heteroatoms. The molecule has 6 nitrogen and oxygen atoms in total. The summed E-state index contributed by atoms with van der Waals surface area (Å²) in [4.78, 5) is 15.8. The van der Waals surface area contributed by atoms with E-state index in [0.29, 0.717) is 28.6 Å². The van der Waals surface area contributed by atoms with Gasteiger partial charge in [-0.2, -0.15) is 5.10 Å². The Balaban J connectivity index is 2.09. The molecule has 0 spiro atoms. The molecule has 0 aromatic carbocycles. The van der Waals surface area contributed by atoms with E-state index in [1.807, 2.05) is 6.92 Å². The molecular weight excluding hydrogens is 280 g/mol. The largest absolute Gasteiger partial charge is 0.454 e. The summed E-state index contributed by atoms with van der Waals surface area (Å²) in [5.41, 5.74) is 7.59. The van der Waals surface area contributed by atoms with Crippen LogP contribution in [0.15, 0.2) is 18.3 Å². The number of pyridine rings is 1. The summed E-state index contributed by atoms with van der Waals surface area (Å²) in [7, 11) is 0. The van der Waals surface area contributed by atoms with Crippen LogP contribution in [-0.4, -0.2) is 20.7 Å². The van der Waals surface area contributed by atoms with Crippen LogP contribution < -0.4 is 5.73 Å². The highest BCUT2D eigenvalue weighted by Crippen LogP contribution is 2.21. The molecule has 0 bridgehead atoms. The lowest BCUT2D eigenvalue weighted by atomic mass is 10.3. The van der Waals surface area contributed by atoms with E-state index in [4.69, 9.17) is 22.1 Å². The number of halogens is 1. The predicted octanol–water partition coefficient (Wildman–Crippen LogP) is 2.20. The Labute approximate surface area is 121 Å². The second-order valence-corrected chi connectivity index (χ2v) is 4.59. The number of nitrogens with two attached hydrogens (primary N) is 1. The zero-order chi connectivity index (χ0) is 14.7. The van der Waals surface area contributed by atoms with Gasteiger partial charge < -0.3 is 10.5 Å². The molecule has 2 heterocycles. The molecule has 0 saturated carbocycles. The molecule has 0 aliphatic heterocycles. The molecular formula is C13H15ClN4O2. The summed E-state index contributed by atoms with van der Waals surface area (Å²) in [6.07, 6.45) is 1.41. The Kier molecular flexibility index (Phi) is 4.24. The molecule has 2 rings (SSSR count). The van der Waals surface area contributed by atoms with Crippen molar-refractivity contribution in [2.24, 2.45) is 0 Å². The van der Waals surface area contributed by atoms with Crippen molar-refractivity contribution in [3.8, 4) is 0 Å². The van der Waals surface area contributed by atoms with Gasteiger partial charge in [0.05, 0.1) is 28.3 Å². The van der Waals surface area contributed by atoms with Crippen LogP contribution in [0.1, 0.15) is 28.8 Å².